The largest absolute Gasteiger partial charge is 0.354 e. The quantitative estimate of drug-likeness (QED) is 0.620. The van der Waals surface area contributed by atoms with Crippen LogP contribution in [0.2, 0.25) is 0 Å². The number of nitrogens with one attached hydrogen (secondary N) is 3. The molecule has 1 unspecified atom stereocenters. The van der Waals surface area contributed by atoms with E-state index in [1.54, 1.807) is 0 Å². The Balaban J connectivity index is 1.54. The minimum Gasteiger partial charge on any atom is -0.354 e. The molecule has 1 aliphatic rings. The number of aromatic nitrogens is 1. The van der Waals surface area contributed by atoms with Crippen LogP contribution < -0.4 is 10.6 Å². The number of aryl methyl sites for hydroxylation is 1. The van der Waals surface area contributed by atoms with Gasteiger partial charge in [-0.1, -0.05) is 60.7 Å². The van der Waals surface area contributed by atoms with Crippen LogP contribution in [0.15, 0.2) is 66.7 Å². The number of carbonyl (C=O) groups excluding carboxylic acids is 2. The number of benzene rings is 2. The number of carbonyl (C=O) groups is 2. The van der Waals surface area contributed by atoms with Crippen LogP contribution in [0.4, 0.5) is 0 Å². The van der Waals surface area contributed by atoms with Crippen molar-refractivity contribution in [1.29, 1.82) is 0 Å². The Hall–Kier alpha value is -3.34. The van der Waals surface area contributed by atoms with E-state index in [9.17, 15) is 9.59 Å². The van der Waals surface area contributed by atoms with Gasteiger partial charge in [0.2, 0.25) is 11.8 Å². The highest BCUT2D eigenvalue weighted by molar-refractivity contribution is 5.89. The average molecular weight is 373 g/mol. The minimum absolute atomic E-state index is 0.0914. The number of rotatable bonds is 6. The third-order valence-corrected chi connectivity index (χ3v) is 5.05. The van der Waals surface area contributed by atoms with Crippen LogP contribution in [0.5, 0.6) is 0 Å². The fourth-order valence-electron chi connectivity index (χ4n) is 3.58. The molecule has 2 aromatic carbocycles. The zero-order valence-electron chi connectivity index (χ0n) is 15.6. The Morgan fingerprint density at radius 3 is 2.32 bits per heavy atom. The van der Waals surface area contributed by atoms with E-state index in [0.29, 0.717) is 25.8 Å². The Kier molecular flexibility index (Phi) is 5.24. The van der Waals surface area contributed by atoms with E-state index in [1.807, 2.05) is 36.4 Å². The first-order valence-corrected chi connectivity index (χ1v) is 9.60. The van der Waals surface area contributed by atoms with Crippen LogP contribution in [0, 0.1) is 0 Å². The summed E-state index contributed by atoms with van der Waals surface area (Å²) < 4.78 is 0. The highest BCUT2D eigenvalue weighted by Crippen LogP contribution is 2.29. The first-order chi connectivity index (χ1) is 13.7. The minimum atomic E-state index is -0.396. The fraction of sp³-hybridized carbons (Fsp3) is 0.217. The molecule has 5 nitrogen and oxygen atoms in total. The fourth-order valence-corrected chi connectivity index (χ4v) is 3.58. The number of H-pyrrole nitrogens is 1. The van der Waals surface area contributed by atoms with Crippen molar-refractivity contribution in [3.05, 3.63) is 72.3 Å². The number of amides is 2. The zero-order valence-corrected chi connectivity index (χ0v) is 15.6. The molecule has 2 heterocycles. The summed E-state index contributed by atoms with van der Waals surface area (Å²) in [5.74, 6) is -0.185. The summed E-state index contributed by atoms with van der Waals surface area (Å²) in [6.45, 7) is 0.625. The number of hydrogen-bond acceptors (Lipinski definition) is 2. The summed E-state index contributed by atoms with van der Waals surface area (Å²) in [7, 11) is 0. The van der Waals surface area contributed by atoms with Crippen LogP contribution in [-0.2, 0) is 16.0 Å². The highest BCUT2D eigenvalue weighted by Gasteiger charge is 2.25. The van der Waals surface area contributed by atoms with Gasteiger partial charge in [-0.05, 0) is 35.6 Å². The molecular weight excluding hydrogens is 350 g/mol. The predicted octanol–water partition coefficient (Wildman–Crippen LogP) is 3.29. The van der Waals surface area contributed by atoms with E-state index >= 15 is 0 Å². The predicted molar refractivity (Wildman–Crippen MR) is 110 cm³/mol. The molecule has 0 radical (unpaired) electrons. The van der Waals surface area contributed by atoms with Crippen LogP contribution in [0.25, 0.3) is 22.5 Å². The second kappa shape index (κ2) is 8.13. The lowest BCUT2D eigenvalue weighted by Gasteiger charge is -2.10. The van der Waals surface area contributed by atoms with Gasteiger partial charge in [0.1, 0.15) is 6.04 Å². The summed E-state index contributed by atoms with van der Waals surface area (Å²) in [4.78, 5) is 27.5. The summed E-state index contributed by atoms with van der Waals surface area (Å²) >= 11 is 0. The maximum atomic E-state index is 12.3. The summed E-state index contributed by atoms with van der Waals surface area (Å²) in [6, 6.07) is 22.0. The first kappa shape index (κ1) is 18.0. The van der Waals surface area contributed by atoms with Crippen molar-refractivity contribution in [1.82, 2.24) is 15.6 Å². The van der Waals surface area contributed by atoms with E-state index < -0.39 is 6.04 Å². The van der Waals surface area contributed by atoms with Crippen molar-refractivity contribution in [3.63, 3.8) is 0 Å². The number of hydrogen-bond donors (Lipinski definition) is 3. The van der Waals surface area contributed by atoms with Gasteiger partial charge in [0.15, 0.2) is 0 Å². The van der Waals surface area contributed by atoms with E-state index in [0.717, 1.165) is 28.1 Å². The van der Waals surface area contributed by atoms with Gasteiger partial charge in [-0.3, -0.25) is 9.59 Å². The van der Waals surface area contributed by atoms with Crippen LogP contribution in [0.1, 0.15) is 18.4 Å². The molecule has 1 atom stereocenters. The van der Waals surface area contributed by atoms with Crippen LogP contribution in [0.3, 0.4) is 0 Å². The molecule has 0 bridgehead atoms. The molecule has 0 saturated carbocycles. The normalized spacial score (nSPS) is 16.0. The maximum absolute atomic E-state index is 12.3. The molecule has 1 saturated heterocycles. The van der Waals surface area contributed by atoms with Gasteiger partial charge in [0.05, 0.1) is 0 Å². The van der Waals surface area contributed by atoms with Gasteiger partial charge in [-0.25, -0.2) is 0 Å². The Bertz CT molecular complexity index is 964. The molecule has 3 N–H and O–H groups in total. The SMILES string of the molecule is O=C(CCc1cc(-c2ccccc2)[nH]c1-c1ccccc1)NC1CCNC1=O. The molecule has 1 aromatic heterocycles. The van der Waals surface area contributed by atoms with Gasteiger partial charge < -0.3 is 15.6 Å². The van der Waals surface area contributed by atoms with Crippen molar-refractivity contribution in [2.24, 2.45) is 0 Å². The average Bonchev–Trinajstić information content (AvgIpc) is 3.34. The highest BCUT2D eigenvalue weighted by atomic mass is 16.2. The van der Waals surface area contributed by atoms with E-state index in [1.165, 1.54) is 0 Å². The second-order valence-electron chi connectivity index (χ2n) is 7.02. The van der Waals surface area contributed by atoms with Gasteiger partial charge in [-0.2, -0.15) is 0 Å². The van der Waals surface area contributed by atoms with Crippen LogP contribution in [-0.4, -0.2) is 29.4 Å². The molecule has 2 amide bonds. The van der Waals surface area contributed by atoms with Gasteiger partial charge in [-0.15, -0.1) is 0 Å². The summed E-state index contributed by atoms with van der Waals surface area (Å²) in [5.41, 5.74) is 5.36. The third-order valence-electron chi connectivity index (χ3n) is 5.05. The molecule has 4 rings (SSSR count). The first-order valence-electron chi connectivity index (χ1n) is 9.60. The summed E-state index contributed by atoms with van der Waals surface area (Å²) in [6.07, 6.45) is 1.60. The Labute approximate surface area is 164 Å². The van der Waals surface area contributed by atoms with E-state index in [4.69, 9.17) is 0 Å². The standard InChI is InChI=1S/C23H23N3O2/c27-21(25-19-13-14-24-23(19)28)12-11-18-15-20(16-7-3-1-4-8-16)26-22(18)17-9-5-2-6-10-17/h1-10,15,19,26H,11-14H2,(H,24,28)(H,25,27). The second-order valence-corrected chi connectivity index (χ2v) is 7.02. The molecule has 3 aromatic rings. The lowest BCUT2D eigenvalue weighted by atomic mass is 10.0. The van der Waals surface area contributed by atoms with Crippen molar-refractivity contribution in [2.45, 2.75) is 25.3 Å². The Morgan fingerprint density at radius 2 is 1.68 bits per heavy atom. The smallest absolute Gasteiger partial charge is 0.242 e. The molecule has 5 heteroatoms. The molecular formula is C23H23N3O2. The maximum Gasteiger partial charge on any atom is 0.242 e. The Morgan fingerprint density at radius 1 is 1.00 bits per heavy atom. The van der Waals surface area contributed by atoms with Crippen molar-refractivity contribution >= 4 is 11.8 Å². The molecule has 1 aliphatic heterocycles. The van der Waals surface area contributed by atoms with Crippen molar-refractivity contribution in [3.8, 4) is 22.5 Å². The molecule has 0 aliphatic carbocycles. The van der Waals surface area contributed by atoms with Crippen LogP contribution >= 0.6 is 0 Å². The van der Waals surface area contributed by atoms with E-state index in [-0.39, 0.29) is 11.8 Å². The van der Waals surface area contributed by atoms with E-state index in [2.05, 4.69) is 45.9 Å². The van der Waals surface area contributed by atoms with Gasteiger partial charge in [0.25, 0.3) is 0 Å². The van der Waals surface area contributed by atoms with Crippen molar-refractivity contribution < 1.29 is 9.59 Å². The molecule has 28 heavy (non-hydrogen) atoms. The lowest BCUT2D eigenvalue weighted by molar-refractivity contribution is -0.127. The monoisotopic (exact) mass is 373 g/mol. The third kappa shape index (κ3) is 3.98. The molecule has 0 spiro atoms. The van der Waals surface area contributed by atoms with Gasteiger partial charge >= 0.3 is 0 Å². The molecule has 142 valence electrons. The van der Waals surface area contributed by atoms with Gasteiger partial charge in [0, 0.05) is 24.4 Å². The topological polar surface area (TPSA) is 74.0 Å². The summed E-state index contributed by atoms with van der Waals surface area (Å²) in [5, 5.41) is 5.58. The number of aromatic amines is 1. The lowest BCUT2D eigenvalue weighted by Crippen LogP contribution is -2.40. The van der Waals surface area contributed by atoms with Crippen molar-refractivity contribution in [2.75, 3.05) is 6.54 Å². The zero-order chi connectivity index (χ0) is 19.3. The molecule has 1 fully saturated rings.